The van der Waals surface area contributed by atoms with Crippen molar-refractivity contribution in [2.24, 2.45) is 0 Å². The first-order valence-electron chi connectivity index (χ1n) is 6.68. The minimum absolute atomic E-state index is 0.0536. The zero-order valence-electron chi connectivity index (χ0n) is 12.3. The molecular formula is C15H15NO5S2. The van der Waals surface area contributed by atoms with E-state index in [9.17, 15) is 18.0 Å². The van der Waals surface area contributed by atoms with Crippen LogP contribution in [0, 0.1) is 6.92 Å². The minimum atomic E-state index is -3.78. The monoisotopic (exact) mass is 353 g/mol. The molecule has 0 unspecified atom stereocenters. The third kappa shape index (κ3) is 4.98. The van der Waals surface area contributed by atoms with Crippen LogP contribution in [-0.2, 0) is 19.6 Å². The fourth-order valence-electron chi connectivity index (χ4n) is 1.69. The SMILES string of the molecule is Cc1ccc(C(=O)COC(=O)CNS(=O)(=O)c2ccccc2)s1. The Balaban J connectivity index is 1.82. The Hall–Kier alpha value is -2.03. The van der Waals surface area contributed by atoms with Gasteiger partial charge in [0.25, 0.3) is 0 Å². The van der Waals surface area contributed by atoms with Gasteiger partial charge < -0.3 is 4.74 Å². The smallest absolute Gasteiger partial charge is 0.321 e. The van der Waals surface area contributed by atoms with E-state index in [4.69, 9.17) is 4.74 Å². The highest BCUT2D eigenvalue weighted by Gasteiger charge is 2.17. The molecule has 0 saturated heterocycles. The summed E-state index contributed by atoms with van der Waals surface area (Å²) in [5, 5.41) is 0. The maximum Gasteiger partial charge on any atom is 0.321 e. The summed E-state index contributed by atoms with van der Waals surface area (Å²) in [6, 6.07) is 11.1. The number of carbonyl (C=O) groups is 2. The van der Waals surface area contributed by atoms with Crippen molar-refractivity contribution in [3.63, 3.8) is 0 Å². The van der Waals surface area contributed by atoms with Crippen molar-refractivity contribution in [1.29, 1.82) is 0 Å². The molecule has 0 radical (unpaired) electrons. The molecule has 1 N–H and O–H groups in total. The van der Waals surface area contributed by atoms with E-state index in [0.717, 1.165) is 4.88 Å². The molecule has 0 aliphatic heterocycles. The Morgan fingerprint density at radius 3 is 2.43 bits per heavy atom. The van der Waals surface area contributed by atoms with Crippen LogP contribution in [0.25, 0.3) is 0 Å². The van der Waals surface area contributed by atoms with Gasteiger partial charge in [0.05, 0.1) is 9.77 Å². The first-order chi connectivity index (χ1) is 10.9. The number of Topliss-reactive ketones (excluding diaryl/α,β-unsaturated/α-hetero) is 1. The number of hydrogen-bond donors (Lipinski definition) is 1. The van der Waals surface area contributed by atoms with Gasteiger partial charge in [0.1, 0.15) is 6.54 Å². The summed E-state index contributed by atoms with van der Waals surface area (Å²) in [6.45, 7) is 0.922. The van der Waals surface area contributed by atoms with Crippen LogP contribution in [0.15, 0.2) is 47.4 Å². The van der Waals surface area contributed by atoms with E-state index in [1.165, 1.54) is 23.5 Å². The molecule has 0 spiro atoms. The molecule has 0 bridgehead atoms. The topological polar surface area (TPSA) is 89.5 Å². The Kier molecular flexibility index (Phi) is 5.64. The quantitative estimate of drug-likeness (QED) is 0.605. The lowest BCUT2D eigenvalue weighted by atomic mass is 10.3. The van der Waals surface area contributed by atoms with Crippen molar-refractivity contribution in [2.45, 2.75) is 11.8 Å². The minimum Gasteiger partial charge on any atom is -0.456 e. The third-order valence-corrected chi connectivity index (χ3v) is 5.30. The van der Waals surface area contributed by atoms with Crippen molar-refractivity contribution in [2.75, 3.05) is 13.2 Å². The molecule has 2 aromatic rings. The van der Waals surface area contributed by atoms with Gasteiger partial charge in [0, 0.05) is 4.88 Å². The van der Waals surface area contributed by atoms with Crippen LogP contribution in [0.5, 0.6) is 0 Å². The van der Waals surface area contributed by atoms with Gasteiger partial charge in [-0.2, -0.15) is 4.72 Å². The van der Waals surface area contributed by atoms with Crippen LogP contribution in [0.4, 0.5) is 0 Å². The van der Waals surface area contributed by atoms with Gasteiger partial charge in [0.15, 0.2) is 6.61 Å². The zero-order valence-corrected chi connectivity index (χ0v) is 13.9. The van der Waals surface area contributed by atoms with Crippen LogP contribution >= 0.6 is 11.3 Å². The van der Waals surface area contributed by atoms with E-state index in [1.807, 2.05) is 6.92 Å². The number of ether oxygens (including phenoxy) is 1. The Bertz CT molecular complexity index is 796. The second-order valence-electron chi connectivity index (χ2n) is 4.63. The van der Waals surface area contributed by atoms with Gasteiger partial charge in [-0.15, -0.1) is 11.3 Å². The largest absolute Gasteiger partial charge is 0.456 e. The lowest BCUT2D eigenvalue weighted by molar-refractivity contribution is -0.141. The lowest BCUT2D eigenvalue weighted by Crippen LogP contribution is -2.31. The van der Waals surface area contributed by atoms with Crippen LogP contribution in [0.3, 0.4) is 0 Å². The number of aryl methyl sites for hydroxylation is 1. The fourth-order valence-corrected chi connectivity index (χ4v) is 3.47. The molecule has 0 amide bonds. The number of esters is 1. The molecule has 0 aliphatic carbocycles. The molecule has 6 nitrogen and oxygen atoms in total. The summed E-state index contributed by atoms with van der Waals surface area (Å²) in [7, 11) is -3.78. The number of rotatable bonds is 7. The van der Waals surface area contributed by atoms with Crippen LogP contribution in [0.1, 0.15) is 14.5 Å². The number of thiophene rings is 1. The maximum atomic E-state index is 11.9. The Morgan fingerprint density at radius 1 is 1.13 bits per heavy atom. The first kappa shape index (κ1) is 17.3. The number of ketones is 1. The van der Waals surface area contributed by atoms with E-state index in [1.54, 1.807) is 30.3 Å². The Labute approximate surface area is 138 Å². The van der Waals surface area contributed by atoms with Gasteiger partial charge in [-0.25, -0.2) is 8.42 Å². The normalized spacial score (nSPS) is 11.2. The number of carbonyl (C=O) groups excluding carboxylic acids is 2. The summed E-state index contributed by atoms with van der Waals surface area (Å²) in [5.74, 6) is -1.13. The standard InChI is InChI=1S/C15H15NO5S2/c1-11-7-8-14(22-11)13(17)10-21-15(18)9-16-23(19,20)12-5-3-2-4-6-12/h2-8,16H,9-10H2,1H3. The van der Waals surface area contributed by atoms with Crippen molar-refractivity contribution >= 4 is 33.1 Å². The fraction of sp³-hybridized carbons (Fsp3) is 0.200. The van der Waals surface area contributed by atoms with Crippen molar-refractivity contribution < 1.29 is 22.7 Å². The van der Waals surface area contributed by atoms with Crippen LogP contribution < -0.4 is 4.72 Å². The lowest BCUT2D eigenvalue weighted by Gasteiger charge is -2.06. The molecule has 0 atom stereocenters. The molecule has 2 rings (SSSR count). The van der Waals surface area contributed by atoms with Crippen LogP contribution in [-0.4, -0.2) is 33.3 Å². The molecule has 1 heterocycles. The molecule has 1 aromatic heterocycles. The Morgan fingerprint density at radius 2 is 1.83 bits per heavy atom. The molecule has 122 valence electrons. The van der Waals surface area contributed by atoms with Gasteiger partial charge in [-0.3, -0.25) is 9.59 Å². The van der Waals surface area contributed by atoms with Gasteiger partial charge in [0.2, 0.25) is 15.8 Å². The number of hydrogen-bond acceptors (Lipinski definition) is 6. The van der Waals surface area contributed by atoms with Crippen molar-refractivity contribution in [1.82, 2.24) is 4.72 Å². The second-order valence-corrected chi connectivity index (χ2v) is 7.69. The van der Waals surface area contributed by atoms with Crippen LogP contribution in [0.2, 0.25) is 0 Å². The van der Waals surface area contributed by atoms with Crippen molar-refractivity contribution in [3.8, 4) is 0 Å². The number of nitrogens with one attached hydrogen (secondary N) is 1. The second kappa shape index (κ2) is 7.49. The van der Waals surface area contributed by atoms with E-state index in [-0.39, 0.29) is 10.7 Å². The van der Waals surface area contributed by atoms with E-state index >= 15 is 0 Å². The maximum absolute atomic E-state index is 11.9. The zero-order chi connectivity index (χ0) is 16.9. The van der Waals surface area contributed by atoms with E-state index < -0.39 is 29.1 Å². The van der Waals surface area contributed by atoms with E-state index in [2.05, 4.69) is 4.72 Å². The highest BCUT2D eigenvalue weighted by Crippen LogP contribution is 2.15. The molecule has 23 heavy (non-hydrogen) atoms. The summed E-state index contributed by atoms with van der Waals surface area (Å²) in [5.41, 5.74) is 0. The molecular weight excluding hydrogens is 338 g/mol. The number of benzene rings is 1. The summed E-state index contributed by atoms with van der Waals surface area (Å²) in [4.78, 5) is 24.9. The highest BCUT2D eigenvalue weighted by molar-refractivity contribution is 7.89. The molecule has 1 aromatic carbocycles. The predicted octanol–water partition coefficient (Wildman–Crippen LogP) is 1.76. The number of sulfonamides is 1. The molecule has 8 heteroatoms. The summed E-state index contributed by atoms with van der Waals surface area (Å²) in [6.07, 6.45) is 0. The average Bonchev–Trinajstić information content (AvgIpc) is 2.98. The first-order valence-corrected chi connectivity index (χ1v) is 8.98. The third-order valence-electron chi connectivity index (χ3n) is 2.84. The van der Waals surface area contributed by atoms with Gasteiger partial charge >= 0.3 is 5.97 Å². The average molecular weight is 353 g/mol. The molecule has 0 fully saturated rings. The van der Waals surface area contributed by atoms with Gasteiger partial charge in [-0.1, -0.05) is 18.2 Å². The van der Waals surface area contributed by atoms with Crippen molar-refractivity contribution in [3.05, 3.63) is 52.2 Å². The molecule has 0 aliphatic rings. The highest BCUT2D eigenvalue weighted by atomic mass is 32.2. The van der Waals surface area contributed by atoms with E-state index in [0.29, 0.717) is 4.88 Å². The molecule has 0 saturated carbocycles. The summed E-state index contributed by atoms with van der Waals surface area (Å²) < 4.78 is 30.8. The summed E-state index contributed by atoms with van der Waals surface area (Å²) >= 11 is 1.31. The van der Waals surface area contributed by atoms with Gasteiger partial charge in [-0.05, 0) is 31.2 Å². The predicted molar refractivity (Wildman–Crippen MR) is 86.0 cm³/mol.